The van der Waals surface area contributed by atoms with E-state index in [2.05, 4.69) is 17.0 Å². The van der Waals surface area contributed by atoms with Crippen molar-refractivity contribution in [3.8, 4) is 0 Å². The number of hydrogen-bond donors (Lipinski definition) is 2. The van der Waals surface area contributed by atoms with Crippen LogP contribution in [0.15, 0.2) is 52.5 Å². The lowest BCUT2D eigenvalue weighted by Gasteiger charge is -2.25. The first kappa shape index (κ1) is 26.7. The summed E-state index contributed by atoms with van der Waals surface area (Å²) in [7, 11) is 1.28. The lowest BCUT2D eigenvalue weighted by molar-refractivity contribution is -0.152. The van der Waals surface area contributed by atoms with E-state index >= 15 is 0 Å². The molecule has 0 aliphatic rings. The molecular formula is C22H27F3N2O5. The number of esters is 1. The van der Waals surface area contributed by atoms with E-state index in [9.17, 15) is 27.9 Å². The predicted octanol–water partition coefficient (Wildman–Crippen LogP) is 4.27. The van der Waals surface area contributed by atoms with E-state index in [4.69, 9.17) is 9.47 Å². The van der Waals surface area contributed by atoms with E-state index < -0.39 is 53.1 Å². The molecule has 0 bridgehead atoms. The minimum atomic E-state index is -4.55. The van der Waals surface area contributed by atoms with Crippen LogP contribution in [0.1, 0.15) is 44.7 Å². The molecule has 0 aliphatic heterocycles. The van der Waals surface area contributed by atoms with Gasteiger partial charge in [-0.2, -0.15) is 13.2 Å². The van der Waals surface area contributed by atoms with Crippen LogP contribution in [0.5, 0.6) is 0 Å². The smallest absolute Gasteiger partial charge is 0.416 e. The van der Waals surface area contributed by atoms with Gasteiger partial charge in [-0.05, 0) is 45.2 Å². The minimum Gasteiger partial charge on any atom is -0.503 e. The molecular weight excluding hydrogens is 429 g/mol. The van der Waals surface area contributed by atoms with Gasteiger partial charge in [0.05, 0.1) is 12.7 Å². The largest absolute Gasteiger partial charge is 0.503 e. The molecule has 0 radical (unpaired) electrons. The molecule has 0 saturated heterocycles. The first-order valence-corrected chi connectivity index (χ1v) is 9.67. The summed E-state index contributed by atoms with van der Waals surface area (Å²) >= 11 is 0. The number of aliphatic hydroxyl groups is 1. The highest BCUT2D eigenvalue weighted by molar-refractivity contribution is 5.97. The summed E-state index contributed by atoms with van der Waals surface area (Å²) in [5, 5.41) is 12.4. The molecule has 0 unspecified atom stereocenters. The molecule has 7 nitrogen and oxygen atoms in total. The van der Waals surface area contributed by atoms with Gasteiger partial charge in [-0.25, -0.2) is 4.79 Å². The van der Waals surface area contributed by atoms with Crippen LogP contribution in [0.2, 0.25) is 0 Å². The van der Waals surface area contributed by atoms with Crippen LogP contribution in [0.4, 0.5) is 13.2 Å². The van der Waals surface area contributed by atoms with Crippen LogP contribution in [-0.4, -0.2) is 43.0 Å². The van der Waals surface area contributed by atoms with Crippen molar-refractivity contribution in [3.63, 3.8) is 0 Å². The molecule has 2 N–H and O–H groups in total. The third-order valence-electron chi connectivity index (χ3n) is 4.78. The third kappa shape index (κ3) is 6.60. The highest BCUT2D eigenvalue weighted by Crippen LogP contribution is 2.36. The van der Waals surface area contributed by atoms with Crippen LogP contribution < -0.4 is 5.32 Å². The molecule has 10 heteroatoms. The van der Waals surface area contributed by atoms with Crippen LogP contribution in [0.3, 0.4) is 0 Å². The summed E-state index contributed by atoms with van der Waals surface area (Å²) in [5.74, 6) is -3.16. The number of hydrogen-bond acceptors (Lipinski definition) is 6. The molecule has 0 aromatic heterocycles. The molecule has 0 spiro atoms. The fourth-order valence-corrected chi connectivity index (χ4v) is 2.84. The average Bonchev–Trinajstić information content (AvgIpc) is 2.73. The highest BCUT2D eigenvalue weighted by atomic mass is 19.4. The number of rotatable bonds is 9. The van der Waals surface area contributed by atoms with Crippen LogP contribution in [0, 0.1) is 0 Å². The average molecular weight is 456 g/mol. The van der Waals surface area contributed by atoms with Crippen molar-refractivity contribution in [1.82, 2.24) is 5.32 Å². The minimum absolute atomic E-state index is 0.0126. The second-order valence-electron chi connectivity index (χ2n) is 6.92. The van der Waals surface area contributed by atoms with Crippen molar-refractivity contribution in [3.05, 3.63) is 58.7 Å². The van der Waals surface area contributed by atoms with Crippen molar-refractivity contribution < 1.29 is 37.3 Å². The summed E-state index contributed by atoms with van der Waals surface area (Å²) in [6.45, 7) is 9.08. The van der Waals surface area contributed by atoms with E-state index in [0.29, 0.717) is 0 Å². The van der Waals surface area contributed by atoms with Gasteiger partial charge in [-0.3, -0.25) is 9.79 Å². The Labute approximate surface area is 184 Å². The lowest BCUT2D eigenvalue weighted by Crippen LogP contribution is -2.42. The molecule has 1 aromatic rings. The molecule has 1 aromatic carbocycles. The molecule has 0 saturated carbocycles. The van der Waals surface area contributed by atoms with Gasteiger partial charge in [-0.15, -0.1) is 0 Å². The fraction of sp³-hybridized carbons (Fsp3) is 0.409. The summed E-state index contributed by atoms with van der Waals surface area (Å²) in [6, 6.07) is 3.86. The van der Waals surface area contributed by atoms with E-state index in [1.807, 2.05) is 0 Å². The van der Waals surface area contributed by atoms with Crippen molar-refractivity contribution >= 4 is 18.6 Å². The Kier molecular flexibility index (Phi) is 9.49. The molecule has 3 atom stereocenters. The molecule has 32 heavy (non-hydrogen) atoms. The maximum Gasteiger partial charge on any atom is 0.416 e. The number of aliphatic hydroxyl groups excluding tert-OH is 1. The molecule has 176 valence electrons. The number of allylic oxidation sites excluding steroid dienone is 1. The number of ether oxygens (including phenoxy) is 2. The first-order valence-electron chi connectivity index (χ1n) is 9.67. The standard InChI is InChI=1S/C22H27F3N2O5/c1-7-17(31-6)19(28)18(26-5)20(29)27-13(3)21(30)32-14(4)12(2)15-10-8-9-11-16(15)22(23,24)25/h7-14,28H,5H2,1-4,6H3,(H,27,29)/b17-7+,19-18+/t12-,13-,14+/m0/s1. The van der Waals surface area contributed by atoms with Crippen molar-refractivity contribution in [2.45, 2.75) is 51.9 Å². The molecule has 0 aliphatic carbocycles. The normalized spacial score (nSPS) is 15.7. The zero-order chi connectivity index (χ0) is 24.6. The molecule has 1 amide bonds. The van der Waals surface area contributed by atoms with Gasteiger partial charge >= 0.3 is 12.1 Å². The van der Waals surface area contributed by atoms with E-state index in [0.717, 1.165) is 6.07 Å². The van der Waals surface area contributed by atoms with Crippen LogP contribution >= 0.6 is 0 Å². The zero-order valence-electron chi connectivity index (χ0n) is 18.5. The topological polar surface area (TPSA) is 97.2 Å². The number of benzene rings is 1. The Bertz CT molecular complexity index is 909. The van der Waals surface area contributed by atoms with Gasteiger partial charge in [-0.1, -0.05) is 25.1 Å². The number of amides is 1. The van der Waals surface area contributed by atoms with Crippen LogP contribution in [-0.2, 0) is 25.2 Å². The fourth-order valence-electron chi connectivity index (χ4n) is 2.84. The Morgan fingerprint density at radius 2 is 1.81 bits per heavy atom. The summed E-state index contributed by atoms with van der Waals surface area (Å²) in [5.41, 5.74) is -1.29. The van der Waals surface area contributed by atoms with Crippen molar-refractivity contribution in [2.75, 3.05) is 7.11 Å². The number of alkyl halides is 3. The second-order valence-corrected chi connectivity index (χ2v) is 6.92. The van der Waals surface area contributed by atoms with Gasteiger partial charge in [0.15, 0.2) is 17.2 Å². The monoisotopic (exact) mass is 456 g/mol. The maximum absolute atomic E-state index is 13.3. The lowest BCUT2D eigenvalue weighted by atomic mass is 9.91. The van der Waals surface area contributed by atoms with Gasteiger partial charge in [0.2, 0.25) is 0 Å². The SMILES string of the molecule is C=N/C(C(=O)N[C@@H](C)C(=O)O[C@H](C)[C@H](C)c1ccccc1C(F)(F)F)=C(O)\C(=C/C)OC. The Morgan fingerprint density at radius 3 is 2.31 bits per heavy atom. The predicted molar refractivity (Wildman–Crippen MR) is 113 cm³/mol. The van der Waals surface area contributed by atoms with Gasteiger partial charge < -0.3 is 19.9 Å². The van der Waals surface area contributed by atoms with Gasteiger partial charge in [0, 0.05) is 5.92 Å². The Hall–Kier alpha value is -3.30. The van der Waals surface area contributed by atoms with Crippen molar-refractivity contribution in [2.24, 2.45) is 4.99 Å². The van der Waals surface area contributed by atoms with Gasteiger partial charge in [0.1, 0.15) is 12.1 Å². The van der Waals surface area contributed by atoms with Crippen LogP contribution in [0.25, 0.3) is 0 Å². The maximum atomic E-state index is 13.3. The number of methoxy groups -OCH3 is 1. The number of aliphatic imine (C=N–C) groups is 1. The van der Waals surface area contributed by atoms with Gasteiger partial charge in [0.25, 0.3) is 5.91 Å². The molecule has 0 fully saturated rings. The van der Waals surface area contributed by atoms with Crippen molar-refractivity contribution in [1.29, 1.82) is 0 Å². The third-order valence-corrected chi connectivity index (χ3v) is 4.78. The first-order chi connectivity index (χ1) is 14.9. The number of carbonyl (C=O) groups excluding carboxylic acids is 2. The summed E-state index contributed by atoms with van der Waals surface area (Å²) < 4.78 is 50.0. The number of nitrogens with zero attached hydrogens (tertiary/aromatic N) is 1. The van der Waals surface area contributed by atoms with E-state index in [-0.39, 0.29) is 11.3 Å². The van der Waals surface area contributed by atoms with E-state index in [1.165, 1.54) is 52.2 Å². The number of halogens is 3. The van der Waals surface area contributed by atoms with E-state index in [1.54, 1.807) is 6.92 Å². The summed E-state index contributed by atoms with van der Waals surface area (Å²) in [6.07, 6.45) is -4.08. The molecule has 1 rings (SSSR count). The summed E-state index contributed by atoms with van der Waals surface area (Å²) in [4.78, 5) is 28.3. The number of carbonyl (C=O) groups is 2. The second kappa shape index (κ2) is 11.4. The molecule has 0 heterocycles. The Morgan fingerprint density at radius 1 is 1.22 bits per heavy atom. The Balaban J connectivity index is 2.94. The quantitative estimate of drug-likeness (QED) is 0.190. The number of nitrogens with one attached hydrogen (secondary N) is 1. The zero-order valence-corrected chi connectivity index (χ0v) is 18.5. The highest BCUT2D eigenvalue weighted by Gasteiger charge is 2.36.